The highest BCUT2D eigenvalue weighted by atomic mass is 32.2. The number of hydrogen-bond donors (Lipinski definition) is 0. The summed E-state index contributed by atoms with van der Waals surface area (Å²) >= 11 is 0. The van der Waals surface area contributed by atoms with Gasteiger partial charge in [-0.2, -0.15) is 0 Å². The lowest BCUT2D eigenvalue weighted by atomic mass is 9.80. The number of morpholine rings is 1. The van der Waals surface area contributed by atoms with E-state index in [1.54, 1.807) is 13.8 Å². The molecule has 1 heterocycles. The van der Waals surface area contributed by atoms with Gasteiger partial charge < -0.3 is 9.64 Å². The average Bonchev–Trinajstić information content (AvgIpc) is 2.78. The zero-order valence-corrected chi connectivity index (χ0v) is 20.9. The predicted molar refractivity (Wildman–Crippen MR) is 131 cm³/mol. The first-order valence-electron chi connectivity index (χ1n) is 12.5. The van der Waals surface area contributed by atoms with E-state index >= 15 is 0 Å². The van der Waals surface area contributed by atoms with Crippen molar-refractivity contribution in [3.05, 3.63) is 29.8 Å². The number of ether oxygens (including phenoxy) is 1. The lowest BCUT2D eigenvalue weighted by molar-refractivity contribution is -0.0605. The topological polar surface area (TPSA) is 46.6 Å². The summed E-state index contributed by atoms with van der Waals surface area (Å²) in [5, 5.41) is -0.244. The molecule has 1 aromatic carbocycles. The van der Waals surface area contributed by atoms with Crippen LogP contribution in [0.2, 0.25) is 0 Å². The number of sulfone groups is 1. The fourth-order valence-electron chi connectivity index (χ4n) is 5.20. The molecule has 0 spiro atoms. The number of hydrogen-bond acceptors (Lipinski definition) is 4. The van der Waals surface area contributed by atoms with Crippen LogP contribution in [0, 0.1) is 11.8 Å². The number of nitrogens with zero attached hydrogens (tertiary/aromatic N) is 1. The molecule has 4 nitrogen and oxygen atoms in total. The van der Waals surface area contributed by atoms with E-state index in [1.165, 1.54) is 30.5 Å². The molecule has 1 saturated heterocycles. The lowest BCUT2D eigenvalue weighted by Gasteiger charge is -2.43. The Kier molecular flexibility index (Phi) is 8.48. The van der Waals surface area contributed by atoms with Gasteiger partial charge in [0.05, 0.1) is 23.2 Å². The van der Waals surface area contributed by atoms with E-state index in [4.69, 9.17) is 4.74 Å². The first-order chi connectivity index (χ1) is 14.8. The molecule has 0 aromatic heterocycles. The second-order valence-corrected chi connectivity index (χ2v) is 12.7. The van der Waals surface area contributed by atoms with Crippen LogP contribution in [0.1, 0.15) is 78.2 Å². The molecule has 1 aliphatic carbocycles. The number of benzene rings is 1. The Morgan fingerprint density at radius 3 is 2.23 bits per heavy atom. The average molecular weight is 450 g/mol. The second-order valence-electron chi connectivity index (χ2n) is 10.1. The van der Waals surface area contributed by atoms with Gasteiger partial charge in [-0.05, 0) is 81.9 Å². The summed E-state index contributed by atoms with van der Waals surface area (Å²) < 4.78 is 30.5. The van der Waals surface area contributed by atoms with Crippen molar-refractivity contribution in [3.63, 3.8) is 0 Å². The standard InChI is InChI=1S/C26H43NO3S/c1-5-26(6-2)20-27(17-18-30-26)25-15-13-23(14-16-25)8-7-22-9-11-24(12-10-22)19-31(28,29)21(3)4/h13-16,21-22,24H,5-12,17-20H2,1-4H3. The third kappa shape index (κ3) is 6.47. The van der Waals surface area contributed by atoms with E-state index in [1.807, 2.05) is 0 Å². The van der Waals surface area contributed by atoms with E-state index in [2.05, 4.69) is 43.0 Å². The molecule has 1 saturated carbocycles. The maximum absolute atomic E-state index is 12.2. The summed E-state index contributed by atoms with van der Waals surface area (Å²) in [6.07, 6.45) is 8.96. The predicted octanol–water partition coefficient (Wildman–Crippen LogP) is 5.64. The van der Waals surface area contributed by atoms with Crippen molar-refractivity contribution in [1.29, 1.82) is 0 Å². The van der Waals surface area contributed by atoms with Crippen LogP contribution in [0.15, 0.2) is 24.3 Å². The van der Waals surface area contributed by atoms with Crippen LogP contribution in [-0.2, 0) is 21.0 Å². The van der Waals surface area contributed by atoms with Crippen molar-refractivity contribution < 1.29 is 13.2 Å². The van der Waals surface area contributed by atoms with Gasteiger partial charge in [-0.1, -0.05) is 38.8 Å². The molecular formula is C26H43NO3S. The Bertz CT molecular complexity index is 775. The Morgan fingerprint density at radius 1 is 1.03 bits per heavy atom. The summed E-state index contributed by atoms with van der Waals surface area (Å²) in [5.41, 5.74) is 2.73. The summed E-state index contributed by atoms with van der Waals surface area (Å²) in [4.78, 5) is 2.48. The molecule has 0 atom stereocenters. The van der Waals surface area contributed by atoms with Gasteiger partial charge in [0.15, 0.2) is 9.84 Å². The van der Waals surface area contributed by atoms with Crippen molar-refractivity contribution in [2.75, 3.05) is 30.3 Å². The lowest BCUT2D eigenvalue weighted by Crippen LogP contribution is -2.51. The quantitative estimate of drug-likeness (QED) is 0.489. The highest BCUT2D eigenvalue weighted by Gasteiger charge is 2.33. The molecule has 0 amide bonds. The summed E-state index contributed by atoms with van der Waals surface area (Å²) in [5.74, 6) is 1.50. The van der Waals surface area contributed by atoms with Gasteiger partial charge in [0, 0.05) is 18.8 Å². The Labute approximate surface area is 190 Å². The second kappa shape index (κ2) is 10.7. The maximum atomic E-state index is 12.2. The van der Waals surface area contributed by atoms with Gasteiger partial charge in [0.1, 0.15) is 0 Å². The minimum atomic E-state index is -2.91. The first-order valence-corrected chi connectivity index (χ1v) is 14.2. The number of rotatable bonds is 9. The Balaban J connectivity index is 1.45. The monoisotopic (exact) mass is 449 g/mol. The highest BCUT2D eigenvalue weighted by molar-refractivity contribution is 7.91. The maximum Gasteiger partial charge on any atom is 0.152 e. The smallest absolute Gasteiger partial charge is 0.152 e. The zero-order chi connectivity index (χ0) is 22.5. The van der Waals surface area contributed by atoms with Crippen LogP contribution >= 0.6 is 0 Å². The summed E-state index contributed by atoms with van der Waals surface area (Å²) in [6.45, 7) is 10.8. The molecule has 176 valence electrons. The summed E-state index contributed by atoms with van der Waals surface area (Å²) in [6, 6.07) is 9.16. The van der Waals surface area contributed by atoms with E-state index in [0.717, 1.165) is 57.7 Å². The van der Waals surface area contributed by atoms with Crippen LogP contribution in [0.25, 0.3) is 0 Å². The van der Waals surface area contributed by atoms with Crippen LogP contribution < -0.4 is 4.90 Å². The molecule has 3 rings (SSSR count). The molecule has 31 heavy (non-hydrogen) atoms. The molecule has 1 aliphatic heterocycles. The molecule has 0 bridgehead atoms. The fourth-order valence-corrected chi connectivity index (χ4v) is 6.57. The number of anilines is 1. The first kappa shape index (κ1) is 24.6. The summed E-state index contributed by atoms with van der Waals surface area (Å²) in [7, 11) is -2.91. The van der Waals surface area contributed by atoms with Crippen molar-refractivity contribution in [1.82, 2.24) is 0 Å². The van der Waals surface area contributed by atoms with Gasteiger partial charge in [-0.3, -0.25) is 0 Å². The third-order valence-electron chi connectivity index (χ3n) is 7.83. The van der Waals surface area contributed by atoms with Crippen LogP contribution in [0.5, 0.6) is 0 Å². The van der Waals surface area contributed by atoms with E-state index in [9.17, 15) is 8.42 Å². The van der Waals surface area contributed by atoms with Gasteiger partial charge in [0.25, 0.3) is 0 Å². The van der Waals surface area contributed by atoms with Crippen molar-refractivity contribution in [2.45, 2.75) is 89.9 Å². The largest absolute Gasteiger partial charge is 0.371 e. The van der Waals surface area contributed by atoms with Crippen molar-refractivity contribution >= 4 is 15.5 Å². The molecule has 2 aliphatic rings. The van der Waals surface area contributed by atoms with Crippen molar-refractivity contribution in [2.24, 2.45) is 11.8 Å². The normalized spacial score (nSPS) is 24.5. The Morgan fingerprint density at radius 2 is 1.65 bits per heavy atom. The molecule has 0 radical (unpaired) electrons. The molecule has 2 fully saturated rings. The molecular weight excluding hydrogens is 406 g/mol. The third-order valence-corrected chi connectivity index (χ3v) is 10.2. The molecule has 5 heteroatoms. The van der Waals surface area contributed by atoms with Gasteiger partial charge in [-0.15, -0.1) is 0 Å². The van der Waals surface area contributed by atoms with E-state index < -0.39 is 9.84 Å². The van der Waals surface area contributed by atoms with E-state index in [0.29, 0.717) is 11.7 Å². The minimum absolute atomic E-state index is 0.00423. The van der Waals surface area contributed by atoms with Gasteiger partial charge in [0.2, 0.25) is 0 Å². The van der Waals surface area contributed by atoms with Crippen LogP contribution in [-0.4, -0.2) is 44.7 Å². The SMILES string of the molecule is CCC1(CC)CN(c2ccc(CCC3CCC(CS(=O)(=O)C(C)C)CC3)cc2)CCO1. The fraction of sp³-hybridized carbons (Fsp3) is 0.769. The minimum Gasteiger partial charge on any atom is -0.371 e. The molecule has 1 aromatic rings. The molecule has 0 N–H and O–H groups in total. The number of aryl methyl sites for hydroxylation is 1. The van der Waals surface area contributed by atoms with Gasteiger partial charge in [-0.25, -0.2) is 8.42 Å². The Hall–Kier alpha value is -1.07. The van der Waals surface area contributed by atoms with Gasteiger partial charge >= 0.3 is 0 Å². The van der Waals surface area contributed by atoms with Crippen molar-refractivity contribution in [3.8, 4) is 0 Å². The van der Waals surface area contributed by atoms with Crippen LogP contribution in [0.3, 0.4) is 0 Å². The zero-order valence-electron chi connectivity index (χ0n) is 20.1. The van der Waals surface area contributed by atoms with Crippen LogP contribution in [0.4, 0.5) is 5.69 Å². The van der Waals surface area contributed by atoms with E-state index in [-0.39, 0.29) is 10.9 Å². The molecule has 0 unspecified atom stereocenters. The highest BCUT2D eigenvalue weighted by Crippen LogP contribution is 2.33.